The summed E-state index contributed by atoms with van der Waals surface area (Å²) in [5, 5.41) is 6.88. The van der Waals surface area contributed by atoms with Crippen LogP contribution in [0.4, 0.5) is 0 Å². The molecular formula is C25H15N3. The fourth-order valence-corrected chi connectivity index (χ4v) is 4.06. The molecule has 0 atom stereocenters. The number of hydrogen-bond donors (Lipinski definition) is 0. The van der Waals surface area contributed by atoms with Gasteiger partial charge in [-0.25, -0.2) is 4.98 Å². The molecule has 0 radical (unpaired) electrons. The zero-order chi connectivity index (χ0) is 18.5. The van der Waals surface area contributed by atoms with E-state index in [2.05, 4.69) is 65.6 Å². The predicted octanol–water partition coefficient (Wildman–Crippen LogP) is 6.15. The molecule has 2 aromatic heterocycles. The largest absolute Gasteiger partial charge is 0.254 e. The predicted molar refractivity (Wildman–Crippen MR) is 115 cm³/mol. The highest BCUT2D eigenvalue weighted by atomic mass is 14.8. The molecule has 0 aliphatic heterocycles. The molecule has 0 bridgehead atoms. The number of pyridine rings is 1. The Morgan fingerprint density at radius 3 is 1.86 bits per heavy atom. The lowest BCUT2D eigenvalue weighted by molar-refractivity contribution is 1.26. The normalized spacial score (nSPS) is 11.6. The van der Waals surface area contributed by atoms with Crippen LogP contribution in [0.1, 0.15) is 0 Å². The zero-order valence-corrected chi connectivity index (χ0v) is 15.0. The number of nitrogens with zero attached hydrogens (tertiary/aromatic N) is 3. The Hall–Kier alpha value is -3.85. The van der Waals surface area contributed by atoms with E-state index in [1.165, 1.54) is 10.8 Å². The minimum Gasteiger partial charge on any atom is -0.254 e. The summed E-state index contributed by atoms with van der Waals surface area (Å²) in [5.74, 6) is 0. The number of rotatable bonds is 1. The molecule has 0 saturated carbocycles. The Morgan fingerprint density at radius 2 is 1.11 bits per heavy atom. The Morgan fingerprint density at radius 1 is 0.500 bits per heavy atom. The number of benzene rings is 4. The minimum atomic E-state index is 0.796. The van der Waals surface area contributed by atoms with Crippen LogP contribution in [0, 0.1) is 0 Å². The highest BCUT2D eigenvalue weighted by Crippen LogP contribution is 2.34. The van der Waals surface area contributed by atoms with Crippen molar-refractivity contribution in [2.24, 2.45) is 0 Å². The third-order valence-electron chi connectivity index (χ3n) is 5.34. The van der Waals surface area contributed by atoms with Crippen molar-refractivity contribution in [2.45, 2.75) is 0 Å². The van der Waals surface area contributed by atoms with E-state index in [0.29, 0.717) is 0 Å². The summed E-state index contributed by atoms with van der Waals surface area (Å²) in [7, 11) is 0. The first-order valence-electron chi connectivity index (χ1n) is 9.30. The first-order chi connectivity index (χ1) is 13.9. The SMILES string of the molecule is c1ccc2c(-c3cnc4c5ccccc5c5ccccc5c4n3)nccc2c1. The van der Waals surface area contributed by atoms with Gasteiger partial charge in [0.2, 0.25) is 0 Å². The van der Waals surface area contributed by atoms with Crippen LogP contribution in [0.3, 0.4) is 0 Å². The first kappa shape index (κ1) is 15.2. The van der Waals surface area contributed by atoms with Gasteiger partial charge >= 0.3 is 0 Å². The lowest BCUT2D eigenvalue weighted by Gasteiger charge is -2.10. The van der Waals surface area contributed by atoms with E-state index in [-0.39, 0.29) is 0 Å². The van der Waals surface area contributed by atoms with Gasteiger partial charge in [-0.3, -0.25) is 9.97 Å². The van der Waals surface area contributed by atoms with Gasteiger partial charge in [-0.15, -0.1) is 0 Å². The quantitative estimate of drug-likeness (QED) is 0.331. The Bertz CT molecular complexity index is 1480. The van der Waals surface area contributed by atoms with Gasteiger partial charge in [-0.2, -0.15) is 0 Å². The second-order valence-corrected chi connectivity index (χ2v) is 6.92. The summed E-state index contributed by atoms with van der Waals surface area (Å²) in [6.07, 6.45) is 3.68. The third kappa shape index (κ3) is 2.13. The maximum absolute atomic E-state index is 5.05. The molecule has 0 fully saturated rings. The van der Waals surface area contributed by atoms with Gasteiger partial charge in [0.15, 0.2) is 0 Å². The van der Waals surface area contributed by atoms with Crippen molar-refractivity contribution in [3.05, 3.63) is 91.3 Å². The summed E-state index contributed by atoms with van der Waals surface area (Å²) in [5.41, 5.74) is 3.51. The zero-order valence-electron chi connectivity index (χ0n) is 15.0. The molecule has 6 aromatic rings. The average molecular weight is 357 g/mol. The van der Waals surface area contributed by atoms with Gasteiger partial charge in [0.05, 0.1) is 22.9 Å². The molecule has 0 aliphatic carbocycles. The van der Waals surface area contributed by atoms with Crippen LogP contribution in [0.15, 0.2) is 91.3 Å². The van der Waals surface area contributed by atoms with Gasteiger partial charge in [-0.1, -0.05) is 72.8 Å². The summed E-state index contributed by atoms with van der Waals surface area (Å²) < 4.78 is 0. The van der Waals surface area contributed by atoms with Gasteiger partial charge in [0.25, 0.3) is 0 Å². The first-order valence-corrected chi connectivity index (χ1v) is 9.30. The summed E-state index contributed by atoms with van der Waals surface area (Å²) in [4.78, 5) is 14.5. The molecule has 28 heavy (non-hydrogen) atoms. The monoisotopic (exact) mass is 357 g/mol. The fourth-order valence-electron chi connectivity index (χ4n) is 4.06. The Kier molecular flexibility index (Phi) is 3.17. The third-order valence-corrected chi connectivity index (χ3v) is 5.34. The van der Waals surface area contributed by atoms with Gasteiger partial charge in [0, 0.05) is 22.4 Å². The molecule has 4 aromatic carbocycles. The summed E-state index contributed by atoms with van der Waals surface area (Å²) in [6, 6.07) is 27.1. The molecule has 3 heteroatoms. The van der Waals surface area contributed by atoms with Gasteiger partial charge < -0.3 is 0 Å². The van der Waals surface area contributed by atoms with Crippen LogP contribution in [0.5, 0.6) is 0 Å². The maximum Gasteiger partial charge on any atom is 0.108 e. The number of fused-ring (bicyclic) bond motifs is 7. The van der Waals surface area contributed by atoms with E-state index in [9.17, 15) is 0 Å². The van der Waals surface area contributed by atoms with Crippen LogP contribution in [-0.2, 0) is 0 Å². The van der Waals surface area contributed by atoms with E-state index < -0.39 is 0 Å². The summed E-state index contributed by atoms with van der Waals surface area (Å²) >= 11 is 0. The standard InChI is InChI=1S/C25H15N3/c1-2-8-17-16(7-1)13-14-26-23(17)22-15-27-24-20-11-5-3-9-18(20)19-10-4-6-12-21(19)25(24)28-22/h1-15H. The second kappa shape index (κ2) is 5.83. The maximum atomic E-state index is 5.05. The van der Waals surface area contributed by atoms with Crippen LogP contribution in [-0.4, -0.2) is 15.0 Å². The molecule has 0 amide bonds. The van der Waals surface area contributed by atoms with Crippen molar-refractivity contribution in [3.63, 3.8) is 0 Å². The lowest BCUT2D eigenvalue weighted by Crippen LogP contribution is -1.94. The average Bonchev–Trinajstić information content (AvgIpc) is 2.78. The Labute approximate surface area is 161 Å². The smallest absolute Gasteiger partial charge is 0.108 e. The van der Waals surface area contributed by atoms with Crippen molar-refractivity contribution in [1.82, 2.24) is 15.0 Å². The molecule has 0 spiro atoms. The highest BCUT2D eigenvalue weighted by Gasteiger charge is 2.13. The molecular weight excluding hydrogens is 342 g/mol. The van der Waals surface area contributed by atoms with Crippen LogP contribution >= 0.6 is 0 Å². The molecule has 6 rings (SSSR count). The lowest BCUT2D eigenvalue weighted by atomic mass is 9.99. The molecule has 0 saturated heterocycles. The Balaban J connectivity index is 1.76. The topological polar surface area (TPSA) is 38.7 Å². The molecule has 2 heterocycles. The van der Waals surface area contributed by atoms with E-state index in [1.807, 2.05) is 30.6 Å². The van der Waals surface area contributed by atoms with Crippen molar-refractivity contribution >= 4 is 43.4 Å². The molecule has 0 N–H and O–H groups in total. The second-order valence-electron chi connectivity index (χ2n) is 6.92. The van der Waals surface area contributed by atoms with Crippen molar-refractivity contribution < 1.29 is 0 Å². The van der Waals surface area contributed by atoms with Gasteiger partial charge in [-0.05, 0) is 22.2 Å². The molecule has 3 nitrogen and oxygen atoms in total. The number of hydrogen-bond acceptors (Lipinski definition) is 3. The number of aromatic nitrogens is 3. The van der Waals surface area contributed by atoms with Crippen LogP contribution < -0.4 is 0 Å². The molecule has 0 aliphatic rings. The van der Waals surface area contributed by atoms with Crippen molar-refractivity contribution in [3.8, 4) is 11.4 Å². The van der Waals surface area contributed by atoms with E-state index >= 15 is 0 Å². The minimum absolute atomic E-state index is 0.796. The van der Waals surface area contributed by atoms with Gasteiger partial charge in [0.1, 0.15) is 5.69 Å². The fraction of sp³-hybridized carbons (Fsp3) is 0. The van der Waals surface area contributed by atoms with Crippen molar-refractivity contribution in [2.75, 3.05) is 0 Å². The van der Waals surface area contributed by atoms with E-state index in [0.717, 1.165) is 44.0 Å². The van der Waals surface area contributed by atoms with Crippen LogP contribution in [0.25, 0.3) is 54.7 Å². The summed E-state index contributed by atoms with van der Waals surface area (Å²) in [6.45, 7) is 0. The molecule has 0 unspecified atom stereocenters. The highest BCUT2D eigenvalue weighted by molar-refractivity contribution is 6.23. The van der Waals surface area contributed by atoms with E-state index in [4.69, 9.17) is 9.97 Å². The van der Waals surface area contributed by atoms with Crippen LogP contribution in [0.2, 0.25) is 0 Å². The molecule has 130 valence electrons. The van der Waals surface area contributed by atoms with E-state index in [1.54, 1.807) is 0 Å². The van der Waals surface area contributed by atoms with Crippen molar-refractivity contribution in [1.29, 1.82) is 0 Å².